The normalized spacial score (nSPS) is 10.0. The molecule has 0 aliphatic rings. The van der Waals surface area contributed by atoms with Crippen LogP contribution in [-0.4, -0.2) is 19.0 Å². The van der Waals surface area contributed by atoms with Gasteiger partial charge in [-0.1, -0.05) is 32.4 Å². The smallest absolute Gasteiger partial charge is 0.338 e. The Morgan fingerprint density at radius 2 is 1.19 bits per heavy atom. The summed E-state index contributed by atoms with van der Waals surface area (Å²) in [6.45, 7) is 19.6. The van der Waals surface area contributed by atoms with Crippen molar-refractivity contribution in [3.05, 3.63) is 85.2 Å². The van der Waals surface area contributed by atoms with Crippen molar-refractivity contribution in [3.8, 4) is 34.1 Å². The van der Waals surface area contributed by atoms with E-state index in [9.17, 15) is 9.59 Å². The topological polar surface area (TPSA) is 71.1 Å². The molecular formula is C26H26O6. The number of rotatable bonds is 9. The van der Waals surface area contributed by atoms with Crippen LogP contribution in [0, 0.1) is 0 Å². The minimum atomic E-state index is -0.598. The third-order valence-corrected chi connectivity index (χ3v) is 4.20. The summed E-state index contributed by atoms with van der Waals surface area (Å²) in [7, 11) is 1.51. The molecule has 0 saturated carbocycles. The molecule has 6 nitrogen and oxygen atoms in total. The predicted molar refractivity (Wildman–Crippen MR) is 124 cm³/mol. The van der Waals surface area contributed by atoms with Crippen molar-refractivity contribution < 1.29 is 28.5 Å². The Hall–Kier alpha value is -4.06. The third kappa shape index (κ3) is 6.22. The fourth-order valence-electron chi connectivity index (χ4n) is 2.40. The number of benzene rings is 2. The van der Waals surface area contributed by atoms with Gasteiger partial charge in [0.1, 0.15) is 17.3 Å². The van der Waals surface area contributed by atoms with Crippen LogP contribution in [0.4, 0.5) is 0 Å². The molecule has 0 N–H and O–H groups in total. The molecule has 0 aromatic heterocycles. The van der Waals surface area contributed by atoms with E-state index in [0.29, 0.717) is 34.0 Å². The van der Waals surface area contributed by atoms with Gasteiger partial charge in [0.05, 0.1) is 7.11 Å². The number of ether oxygens (including phenoxy) is 4. The number of esters is 2. The van der Waals surface area contributed by atoms with E-state index >= 15 is 0 Å². The quantitative estimate of drug-likeness (QED) is 0.163. The summed E-state index contributed by atoms with van der Waals surface area (Å²) >= 11 is 0. The van der Waals surface area contributed by atoms with Crippen molar-refractivity contribution in [2.45, 2.75) is 20.8 Å². The van der Waals surface area contributed by atoms with E-state index in [1.54, 1.807) is 37.3 Å². The van der Waals surface area contributed by atoms with Crippen LogP contribution >= 0.6 is 0 Å². The second kappa shape index (κ2) is 10.3. The van der Waals surface area contributed by atoms with Gasteiger partial charge in [0.25, 0.3) is 0 Å². The number of hydrogen-bond acceptors (Lipinski definition) is 6. The molecule has 0 amide bonds. The minimum absolute atomic E-state index is 0.190. The summed E-state index contributed by atoms with van der Waals surface area (Å²) in [4.78, 5) is 24.0. The highest BCUT2D eigenvalue weighted by Crippen LogP contribution is 2.37. The SMILES string of the molecule is C=C(C)C(=C)Oc1ccc(-c2cc(OC(=O)C(=C)C)cc(OC(=O)C(=C)C)c2)cc1OC. The Morgan fingerprint density at radius 1 is 0.656 bits per heavy atom. The lowest BCUT2D eigenvalue weighted by atomic mass is 10.0. The van der Waals surface area contributed by atoms with Crippen molar-refractivity contribution in [2.75, 3.05) is 7.11 Å². The van der Waals surface area contributed by atoms with Crippen molar-refractivity contribution in [1.29, 1.82) is 0 Å². The van der Waals surface area contributed by atoms with Gasteiger partial charge in [0.2, 0.25) is 0 Å². The van der Waals surface area contributed by atoms with E-state index in [0.717, 1.165) is 0 Å². The average Bonchev–Trinajstić information content (AvgIpc) is 2.73. The molecule has 32 heavy (non-hydrogen) atoms. The molecule has 0 radical (unpaired) electrons. The minimum Gasteiger partial charge on any atom is -0.493 e. The van der Waals surface area contributed by atoms with Gasteiger partial charge in [0, 0.05) is 17.2 Å². The standard InChI is InChI=1S/C26H26O6/c1-15(2)18(7)30-23-10-9-19(13-24(23)29-8)20-11-21(31-25(27)16(3)4)14-22(12-20)32-26(28)17(5)6/h9-14H,1,3,5,7H2,2,4,6,8H3. The first kappa shape index (κ1) is 24.2. The van der Waals surface area contributed by atoms with Crippen LogP contribution in [0.25, 0.3) is 11.1 Å². The van der Waals surface area contributed by atoms with Crippen LogP contribution in [0.2, 0.25) is 0 Å². The Bertz CT molecular complexity index is 1080. The molecule has 0 spiro atoms. The molecule has 2 aromatic rings. The highest BCUT2D eigenvalue weighted by molar-refractivity contribution is 5.90. The number of hydrogen-bond donors (Lipinski definition) is 0. The molecule has 0 bridgehead atoms. The lowest BCUT2D eigenvalue weighted by Gasteiger charge is -2.15. The number of carbonyl (C=O) groups is 2. The molecule has 0 aliphatic carbocycles. The van der Waals surface area contributed by atoms with Crippen LogP contribution in [0.3, 0.4) is 0 Å². The molecule has 6 heteroatoms. The van der Waals surface area contributed by atoms with E-state index in [1.807, 2.05) is 0 Å². The van der Waals surface area contributed by atoms with Crippen LogP contribution in [0.5, 0.6) is 23.0 Å². The highest BCUT2D eigenvalue weighted by atomic mass is 16.5. The van der Waals surface area contributed by atoms with Gasteiger partial charge in [-0.3, -0.25) is 0 Å². The molecule has 0 fully saturated rings. The van der Waals surface area contributed by atoms with Crippen LogP contribution in [-0.2, 0) is 9.59 Å². The predicted octanol–water partition coefficient (Wildman–Crippen LogP) is 5.79. The lowest BCUT2D eigenvalue weighted by Crippen LogP contribution is -2.10. The second-order valence-electron chi connectivity index (χ2n) is 7.20. The molecule has 2 rings (SSSR count). The molecule has 0 unspecified atom stereocenters. The highest BCUT2D eigenvalue weighted by Gasteiger charge is 2.15. The van der Waals surface area contributed by atoms with E-state index in [2.05, 4.69) is 26.3 Å². The van der Waals surface area contributed by atoms with Crippen molar-refractivity contribution in [1.82, 2.24) is 0 Å². The summed E-state index contributed by atoms with van der Waals surface area (Å²) in [5, 5.41) is 0. The number of carbonyl (C=O) groups excluding carboxylic acids is 2. The maximum absolute atomic E-state index is 12.0. The molecule has 0 saturated heterocycles. The summed E-state index contributed by atoms with van der Waals surface area (Å²) in [6, 6.07) is 9.96. The van der Waals surface area contributed by atoms with E-state index < -0.39 is 11.9 Å². The van der Waals surface area contributed by atoms with Gasteiger partial charge in [-0.05, 0) is 61.7 Å². The lowest BCUT2D eigenvalue weighted by molar-refractivity contribution is -0.130. The average molecular weight is 434 g/mol. The van der Waals surface area contributed by atoms with Gasteiger partial charge < -0.3 is 18.9 Å². The molecule has 0 atom stereocenters. The Labute approximate surface area is 188 Å². The Morgan fingerprint density at radius 3 is 1.62 bits per heavy atom. The Kier molecular flexibility index (Phi) is 7.80. The second-order valence-corrected chi connectivity index (χ2v) is 7.20. The van der Waals surface area contributed by atoms with Crippen LogP contribution in [0.1, 0.15) is 20.8 Å². The van der Waals surface area contributed by atoms with Gasteiger partial charge in [0.15, 0.2) is 11.5 Å². The largest absolute Gasteiger partial charge is 0.493 e. The van der Waals surface area contributed by atoms with Gasteiger partial charge in [-0.2, -0.15) is 0 Å². The van der Waals surface area contributed by atoms with Crippen molar-refractivity contribution in [2.24, 2.45) is 0 Å². The first-order valence-electron chi connectivity index (χ1n) is 9.63. The molecule has 0 aliphatic heterocycles. The van der Waals surface area contributed by atoms with Gasteiger partial charge in [-0.15, -0.1) is 0 Å². The van der Waals surface area contributed by atoms with Crippen LogP contribution in [0.15, 0.2) is 85.2 Å². The van der Waals surface area contributed by atoms with E-state index in [4.69, 9.17) is 18.9 Å². The number of allylic oxidation sites excluding steroid dienone is 1. The zero-order valence-corrected chi connectivity index (χ0v) is 18.7. The first-order chi connectivity index (χ1) is 15.0. The fraction of sp³-hybridized carbons (Fsp3) is 0.154. The zero-order valence-electron chi connectivity index (χ0n) is 18.7. The summed E-state index contributed by atoms with van der Waals surface area (Å²) in [6.07, 6.45) is 0. The Balaban J connectivity index is 2.51. The van der Waals surface area contributed by atoms with Gasteiger partial charge in [-0.25, -0.2) is 9.59 Å². The maximum Gasteiger partial charge on any atom is 0.338 e. The summed E-state index contributed by atoms with van der Waals surface area (Å²) in [5.74, 6) is 0.513. The number of methoxy groups -OCH3 is 1. The molecule has 166 valence electrons. The van der Waals surface area contributed by atoms with E-state index in [-0.39, 0.29) is 22.6 Å². The molecule has 0 heterocycles. The van der Waals surface area contributed by atoms with Crippen molar-refractivity contribution >= 4 is 11.9 Å². The van der Waals surface area contributed by atoms with Gasteiger partial charge >= 0.3 is 11.9 Å². The van der Waals surface area contributed by atoms with E-state index in [1.165, 1.54) is 27.0 Å². The first-order valence-corrected chi connectivity index (χ1v) is 9.63. The van der Waals surface area contributed by atoms with Crippen molar-refractivity contribution in [3.63, 3.8) is 0 Å². The van der Waals surface area contributed by atoms with Crippen LogP contribution < -0.4 is 18.9 Å². The maximum atomic E-state index is 12.0. The zero-order chi connectivity index (χ0) is 24.0. The summed E-state index contributed by atoms with van der Waals surface area (Å²) < 4.78 is 21.9. The molecule has 2 aromatic carbocycles. The monoisotopic (exact) mass is 434 g/mol. The fourth-order valence-corrected chi connectivity index (χ4v) is 2.40. The third-order valence-electron chi connectivity index (χ3n) is 4.20. The molecular weight excluding hydrogens is 408 g/mol. The summed E-state index contributed by atoms with van der Waals surface area (Å²) in [5.41, 5.74) is 2.47.